The molecular weight excluding hydrogens is 244 g/mol. The lowest BCUT2D eigenvalue weighted by Crippen LogP contribution is -2.34. The van der Waals surface area contributed by atoms with Gasteiger partial charge in [-0.3, -0.25) is 0 Å². The van der Waals surface area contributed by atoms with E-state index in [1.165, 1.54) is 12.8 Å². The highest BCUT2D eigenvalue weighted by molar-refractivity contribution is 7.98. The molecule has 18 heavy (non-hydrogen) atoms. The highest BCUT2D eigenvalue weighted by atomic mass is 32.2. The van der Waals surface area contributed by atoms with Crippen molar-refractivity contribution in [2.45, 2.75) is 44.3 Å². The Kier molecular flexibility index (Phi) is 4.69. The van der Waals surface area contributed by atoms with E-state index < -0.39 is 0 Å². The van der Waals surface area contributed by atoms with Crippen molar-refractivity contribution in [3.05, 3.63) is 6.07 Å². The summed E-state index contributed by atoms with van der Waals surface area (Å²) in [5, 5.41) is 7.64. The SMILES string of the molecule is CCCNc1cc(NC2CC(C)C2)nc(SC)n1. The van der Waals surface area contributed by atoms with E-state index in [1.807, 2.05) is 12.3 Å². The zero-order chi connectivity index (χ0) is 13.0. The molecule has 1 fully saturated rings. The van der Waals surface area contributed by atoms with Crippen molar-refractivity contribution in [3.8, 4) is 0 Å². The third-order valence-corrected chi connectivity index (χ3v) is 3.72. The number of rotatable bonds is 6. The van der Waals surface area contributed by atoms with Gasteiger partial charge in [0, 0.05) is 18.7 Å². The highest BCUT2D eigenvalue weighted by Gasteiger charge is 2.25. The smallest absolute Gasteiger partial charge is 0.191 e. The Bertz CT molecular complexity index is 391. The highest BCUT2D eigenvalue weighted by Crippen LogP contribution is 2.29. The van der Waals surface area contributed by atoms with Gasteiger partial charge in [0.15, 0.2) is 5.16 Å². The summed E-state index contributed by atoms with van der Waals surface area (Å²) < 4.78 is 0. The zero-order valence-corrected chi connectivity index (χ0v) is 12.2. The maximum absolute atomic E-state index is 4.51. The van der Waals surface area contributed by atoms with E-state index >= 15 is 0 Å². The van der Waals surface area contributed by atoms with Crippen LogP contribution in [0.3, 0.4) is 0 Å². The Morgan fingerprint density at radius 2 is 2.06 bits per heavy atom. The van der Waals surface area contributed by atoms with Gasteiger partial charge >= 0.3 is 0 Å². The second kappa shape index (κ2) is 6.27. The molecule has 0 unspecified atom stereocenters. The van der Waals surface area contributed by atoms with Crippen LogP contribution in [0.1, 0.15) is 33.1 Å². The van der Waals surface area contributed by atoms with Crippen LogP contribution in [0.4, 0.5) is 11.6 Å². The van der Waals surface area contributed by atoms with E-state index in [0.717, 1.165) is 35.7 Å². The predicted octanol–water partition coefficient (Wildman–Crippen LogP) is 3.23. The van der Waals surface area contributed by atoms with Crippen LogP contribution in [-0.2, 0) is 0 Å². The van der Waals surface area contributed by atoms with Gasteiger partial charge in [0.1, 0.15) is 11.6 Å². The molecule has 1 aliphatic carbocycles. The van der Waals surface area contributed by atoms with E-state index in [1.54, 1.807) is 11.8 Å². The molecule has 0 bridgehead atoms. The van der Waals surface area contributed by atoms with Gasteiger partial charge in [-0.05, 0) is 31.4 Å². The van der Waals surface area contributed by atoms with Crippen LogP contribution in [0.25, 0.3) is 0 Å². The molecule has 1 heterocycles. The molecule has 1 aromatic rings. The lowest BCUT2D eigenvalue weighted by molar-refractivity contribution is 0.308. The molecule has 4 nitrogen and oxygen atoms in total. The monoisotopic (exact) mass is 266 g/mol. The van der Waals surface area contributed by atoms with E-state index in [-0.39, 0.29) is 0 Å². The quantitative estimate of drug-likeness (QED) is 0.611. The van der Waals surface area contributed by atoms with Crippen LogP contribution in [0, 0.1) is 5.92 Å². The minimum absolute atomic E-state index is 0.587. The van der Waals surface area contributed by atoms with Gasteiger partial charge in [0.05, 0.1) is 0 Å². The Morgan fingerprint density at radius 1 is 1.33 bits per heavy atom. The normalized spacial score (nSPS) is 22.4. The molecule has 1 aliphatic rings. The van der Waals surface area contributed by atoms with Gasteiger partial charge in [-0.1, -0.05) is 25.6 Å². The molecule has 100 valence electrons. The van der Waals surface area contributed by atoms with Crippen molar-refractivity contribution >= 4 is 23.4 Å². The van der Waals surface area contributed by atoms with Crippen LogP contribution in [0.15, 0.2) is 11.2 Å². The Hall–Kier alpha value is -0.970. The molecule has 0 spiro atoms. The molecule has 0 radical (unpaired) electrons. The van der Waals surface area contributed by atoms with Crippen LogP contribution in [0.2, 0.25) is 0 Å². The third-order valence-electron chi connectivity index (χ3n) is 3.17. The number of thioether (sulfide) groups is 1. The fourth-order valence-corrected chi connectivity index (χ4v) is 2.54. The molecule has 0 aliphatic heterocycles. The number of nitrogens with one attached hydrogen (secondary N) is 2. The molecule has 0 saturated heterocycles. The fraction of sp³-hybridized carbons (Fsp3) is 0.692. The summed E-state index contributed by atoms with van der Waals surface area (Å²) in [7, 11) is 0. The summed E-state index contributed by atoms with van der Waals surface area (Å²) >= 11 is 1.58. The minimum Gasteiger partial charge on any atom is -0.370 e. The number of aromatic nitrogens is 2. The summed E-state index contributed by atoms with van der Waals surface area (Å²) in [6, 6.07) is 2.60. The van der Waals surface area contributed by atoms with E-state index in [4.69, 9.17) is 0 Å². The molecule has 5 heteroatoms. The Morgan fingerprint density at radius 3 is 2.67 bits per heavy atom. The van der Waals surface area contributed by atoms with Crippen LogP contribution < -0.4 is 10.6 Å². The Balaban J connectivity index is 2.03. The van der Waals surface area contributed by atoms with Crippen molar-refractivity contribution in [1.29, 1.82) is 0 Å². The van der Waals surface area contributed by atoms with Gasteiger partial charge < -0.3 is 10.6 Å². The zero-order valence-electron chi connectivity index (χ0n) is 11.4. The van der Waals surface area contributed by atoms with Crippen LogP contribution in [0.5, 0.6) is 0 Å². The van der Waals surface area contributed by atoms with E-state index in [2.05, 4.69) is 34.4 Å². The van der Waals surface area contributed by atoms with Crippen LogP contribution in [-0.4, -0.2) is 28.8 Å². The summed E-state index contributed by atoms with van der Waals surface area (Å²) in [5.41, 5.74) is 0. The summed E-state index contributed by atoms with van der Waals surface area (Å²) in [6.07, 6.45) is 5.60. The first-order valence-corrected chi connectivity index (χ1v) is 7.87. The summed E-state index contributed by atoms with van der Waals surface area (Å²) in [5.74, 6) is 2.72. The van der Waals surface area contributed by atoms with E-state index in [9.17, 15) is 0 Å². The van der Waals surface area contributed by atoms with Crippen molar-refractivity contribution in [1.82, 2.24) is 9.97 Å². The molecule has 0 aromatic carbocycles. The molecule has 1 aromatic heterocycles. The summed E-state index contributed by atoms with van der Waals surface area (Å²) in [4.78, 5) is 8.96. The van der Waals surface area contributed by atoms with Gasteiger partial charge in [0.25, 0.3) is 0 Å². The van der Waals surface area contributed by atoms with Crippen LogP contribution >= 0.6 is 11.8 Å². The molecule has 2 N–H and O–H groups in total. The fourth-order valence-electron chi connectivity index (χ4n) is 2.16. The molecular formula is C13H22N4S. The minimum atomic E-state index is 0.587. The molecule has 0 atom stereocenters. The topological polar surface area (TPSA) is 49.8 Å². The van der Waals surface area contributed by atoms with Crippen molar-refractivity contribution in [3.63, 3.8) is 0 Å². The number of nitrogens with zero attached hydrogens (tertiary/aromatic N) is 2. The first kappa shape index (κ1) is 13.5. The first-order chi connectivity index (χ1) is 8.71. The average Bonchev–Trinajstić information content (AvgIpc) is 2.34. The van der Waals surface area contributed by atoms with Gasteiger partial charge in [-0.25, -0.2) is 9.97 Å². The lowest BCUT2D eigenvalue weighted by atomic mass is 9.82. The average molecular weight is 266 g/mol. The largest absolute Gasteiger partial charge is 0.370 e. The maximum Gasteiger partial charge on any atom is 0.191 e. The predicted molar refractivity (Wildman–Crippen MR) is 78.4 cm³/mol. The second-order valence-corrected chi connectivity index (χ2v) is 5.74. The lowest BCUT2D eigenvalue weighted by Gasteiger charge is -2.33. The Labute approximate surface area is 113 Å². The maximum atomic E-state index is 4.51. The van der Waals surface area contributed by atoms with Crippen molar-refractivity contribution < 1.29 is 0 Å². The van der Waals surface area contributed by atoms with Crippen molar-refractivity contribution in [2.24, 2.45) is 5.92 Å². The van der Waals surface area contributed by atoms with Gasteiger partial charge in [-0.15, -0.1) is 0 Å². The third kappa shape index (κ3) is 3.51. The van der Waals surface area contributed by atoms with Gasteiger partial charge in [0.2, 0.25) is 0 Å². The van der Waals surface area contributed by atoms with Crippen molar-refractivity contribution in [2.75, 3.05) is 23.4 Å². The standard InChI is InChI=1S/C13H22N4S/c1-4-5-14-11-8-12(17-13(16-11)18-3)15-10-6-9(2)7-10/h8-10H,4-7H2,1-3H3,(H2,14,15,16,17). The molecule has 1 saturated carbocycles. The van der Waals surface area contributed by atoms with Gasteiger partial charge in [-0.2, -0.15) is 0 Å². The summed E-state index contributed by atoms with van der Waals surface area (Å²) in [6.45, 7) is 5.39. The first-order valence-electron chi connectivity index (χ1n) is 6.64. The number of hydrogen-bond donors (Lipinski definition) is 2. The molecule has 0 amide bonds. The number of hydrogen-bond acceptors (Lipinski definition) is 5. The molecule has 2 rings (SSSR count). The number of anilines is 2. The second-order valence-electron chi connectivity index (χ2n) is 4.97. The van der Waals surface area contributed by atoms with E-state index in [0.29, 0.717) is 6.04 Å².